The molecule has 5 aromatic heterocycles. The van der Waals surface area contributed by atoms with Crippen molar-refractivity contribution in [3.8, 4) is 20.9 Å². The Bertz CT molecular complexity index is 2170. The third-order valence-corrected chi connectivity index (χ3v) is 10.4. The maximum absolute atomic E-state index is 6.42. The van der Waals surface area contributed by atoms with Gasteiger partial charge in [-0.15, -0.1) is 22.7 Å². The Morgan fingerprint density at radius 2 is 1.03 bits per heavy atom. The SMILES string of the molecule is c1ccc2c(-c3cc4oc5cc(-c6c7ccccc7cc7nsnc67)sc5c4s3)c3nsnc3cc2c1. The number of nitrogens with zero attached hydrogens (tertiary/aromatic N) is 4. The molecular formula is C28H12N4OS4. The van der Waals surface area contributed by atoms with Crippen LogP contribution in [0.25, 0.3) is 85.1 Å². The number of hydrogen-bond donors (Lipinski definition) is 0. The van der Waals surface area contributed by atoms with Gasteiger partial charge in [0.1, 0.15) is 33.2 Å². The summed E-state index contributed by atoms with van der Waals surface area (Å²) in [5, 5.41) is 4.71. The lowest BCUT2D eigenvalue weighted by Gasteiger charge is -2.05. The molecule has 0 spiro atoms. The molecule has 0 fully saturated rings. The van der Waals surface area contributed by atoms with Crippen molar-refractivity contribution in [1.29, 1.82) is 0 Å². The van der Waals surface area contributed by atoms with E-state index in [-0.39, 0.29) is 0 Å². The van der Waals surface area contributed by atoms with Gasteiger partial charge in [0.2, 0.25) is 0 Å². The predicted octanol–water partition coefficient (Wildman–Crippen LogP) is 9.36. The van der Waals surface area contributed by atoms with Crippen LogP contribution < -0.4 is 0 Å². The lowest BCUT2D eigenvalue weighted by molar-refractivity contribution is 0.671. The Labute approximate surface area is 224 Å². The fraction of sp³-hybridized carbons (Fsp3) is 0. The summed E-state index contributed by atoms with van der Waals surface area (Å²) in [6.45, 7) is 0. The van der Waals surface area contributed by atoms with E-state index in [1.165, 1.54) is 54.4 Å². The van der Waals surface area contributed by atoms with E-state index in [2.05, 4.69) is 90.3 Å². The minimum Gasteiger partial charge on any atom is -0.454 e. The topological polar surface area (TPSA) is 64.7 Å². The number of fused-ring (bicyclic) bond motifs is 7. The molecule has 0 amide bonds. The first kappa shape index (κ1) is 20.3. The van der Waals surface area contributed by atoms with E-state index >= 15 is 0 Å². The first-order chi connectivity index (χ1) is 18.3. The maximum Gasteiger partial charge on any atom is 0.147 e. The minimum atomic E-state index is 0.912. The highest BCUT2D eigenvalue weighted by atomic mass is 32.1. The van der Waals surface area contributed by atoms with Gasteiger partial charge in [-0.2, -0.15) is 17.5 Å². The summed E-state index contributed by atoms with van der Waals surface area (Å²) < 4.78 is 27.1. The molecule has 9 heteroatoms. The summed E-state index contributed by atoms with van der Waals surface area (Å²) in [7, 11) is 0. The standard InChI is InChI=1S/C28H12N4OS4/c1-3-7-15-13(5-1)9-17-25(31-36-29-17)23(15)21-11-19-27(34-21)28-20(33-19)12-22(35-28)24-16-8-4-2-6-14(16)10-18-26(24)32-37-30-18/h1-12H. The summed E-state index contributed by atoms with van der Waals surface area (Å²) >= 11 is 6.05. The molecule has 5 heterocycles. The van der Waals surface area contributed by atoms with Gasteiger partial charge >= 0.3 is 0 Å². The summed E-state index contributed by atoms with van der Waals surface area (Å²) in [5.41, 5.74) is 7.86. The molecule has 0 bridgehead atoms. The Morgan fingerprint density at radius 3 is 1.54 bits per heavy atom. The molecule has 0 radical (unpaired) electrons. The van der Waals surface area contributed by atoms with Gasteiger partial charge in [-0.05, 0) is 33.7 Å². The predicted molar refractivity (Wildman–Crippen MR) is 157 cm³/mol. The Hall–Kier alpha value is -3.76. The Balaban J connectivity index is 1.30. The van der Waals surface area contributed by atoms with Crippen molar-refractivity contribution >= 4 is 110 Å². The van der Waals surface area contributed by atoms with Crippen molar-refractivity contribution in [3.63, 3.8) is 0 Å². The largest absolute Gasteiger partial charge is 0.454 e. The highest BCUT2D eigenvalue weighted by Crippen LogP contribution is 2.49. The van der Waals surface area contributed by atoms with Crippen LogP contribution in [0.5, 0.6) is 0 Å². The molecule has 174 valence electrons. The van der Waals surface area contributed by atoms with E-state index in [9.17, 15) is 0 Å². The average Bonchev–Trinajstić information content (AvgIpc) is 3.73. The van der Waals surface area contributed by atoms with Crippen LogP contribution in [0.1, 0.15) is 0 Å². The summed E-state index contributed by atoms with van der Waals surface area (Å²) in [5.74, 6) is 0. The molecule has 9 aromatic rings. The molecular weight excluding hydrogens is 537 g/mol. The molecule has 9 rings (SSSR count). The molecule has 0 saturated heterocycles. The highest BCUT2D eigenvalue weighted by Gasteiger charge is 2.22. The zero-order valence-electron chi connectivity index (χ0n) is 18.8. The van der Waals surface area contributed by atoms with Gasteiger partial charge < -0.3 is 4.42 Å². The van der Waals surface area contributed by atoms with Crippen molar-refractivity contribution < 1.29 is 4.42 Å². The Morgan fingerprint density at radius 1 is 0.541 bits per heavy atom. The summed E-state index contributed by atoms with van der Waals surface area (Å²) in [6, 6.07) is 25.5. The zero-order valence-corrected chi connectivity index (χ0v) is 22.0. The van der Waals surface area contributed by atoms with E-state index in [4.69, 9.17) is 4.42 Å². The molecule has 4 aromatic carbocycles. The lowest BCUT2D eigenvalue weighted by Crippen LogP contribution is -1.82. The molecule has 0 atom stereocenters. The second-order valence-corrected chi connectivity index (χ2v) is 12.1. The maximum atomic E-state index is 6.42. The zero-order chi connectivity index (χ0) is 24.1. The van der Waals surface area contributed by atoms with Gasteiger partial charge in [0, 0.05) is 33.0 Å². The second kappa shape index (κ2) is 7.39. The third-order valence-electron chi connectivity index (χ3n) is 6.86. The molecule has 37 heavy (non-hydrogen) atoms. The van der Waals surface area contributed by atoms with Crippen LogP contribution in [0.15, 0.2) is 77.2 Å². The third kappa shape index (κ3) is 2.82. The van der Waals surface area contributed by atoms with Crippen LogP contribution in [0.2, 0.25) is 0 Å². The number of thiophene rings is 2. The van der Waals surface area contributed by atoms with Crippen molar-refractivity contribution in [2.24, 2.45) is 0 Å². The monoisotopic (exact) mass is 548 g/mol. The minimum absolute atomic E-state index is 0.912. The van der Waals surface area contributed by atoms with Crippen LogP contribution in [0.4, 0.5) is 0 Å². The van der Waals surface area contributed by atoms with Crippen LogP contribution in [0.3, 0.4) is 0 Å². The number of rotatable bonds is 2. The highest BCUT2D eigenvalue weighted by molar-refractivity contribution is 7.30. The van der Waals surface area contributed by atoms with Gasteiger partial charge in [0.05, 0.1) is 32.9 Å². The Kier molecular flexibility index (Phi) is 4.06. The second-order valence-electron chi connectivity index (χ2n) is 8.92. The number of hydrogen-bond acceptors (Lipinski definition) is 9. The lowest BCUT2D eigenvalue weighted by atomic mass is 10.0. The molecule has 0 N–H and O–H groups in total. The van der Waals surface area contributed by atoms with Gasteiger partial charge in [-0.1, -0.05) is 48.5 Å². The number of aromatic nitrogens is 4. The molecule has 0 saturated carbocycles. The molecule has 0 aliphatic carbocycles. The first-order valence-corrected chi connectivity index (χ1v) is 14.7. The number of furan rings is 1. The summed E-state index contributed by atoms with van der Waals surface area (Å²) in [6.07, 6.45) is 0. The van der Waals surface area contributed by atoms with Crippen LogP contribution in [-0.2, 0) is 0 Å². The van der Waals surface area contributed by atoms with Crippen LogP contribution in [0, 0.1) is 0 Å². The molecule has 0 aliphatic heterocycles. The molecule has 5 nitrogen and oxygen atoms in total. The quantitative estimate of drug-likeness (QED) is 0.215. The fourth-order valence-corrected chi connectivity index (χ4v) is 8.76. The number of benzene rings is 4. The van der Waals surface area contributed by atoms with Gasteiger partial charge in [-0.3, -0.25) is 0 Å². The van der Waals surface area contributed by atoms with Gasteiger partial charge in [0.15, 0.2) is 0 Å². The first-order valence-electron chi connectivity index (χ1n) is 11.6. The van der Waals surface area contributed by atoms with E-state index in [1.54, 1.807) is 22.7 Å². The van der Waals surface area contributed by atoms with E-state index in [0.717, 1.165) is 54.1 Å². The van der Waals surface area contributed by atoms with Gasteiger partial charge in [0.25, 0.3) is 0 Å². The normalized spacial score (nSPS) is 12.3. The fourth-order valence-electron chi connectivity index (χ4n) is 5.26. The van der Waals surface area contributed by atoms with E-state index in [0.29, 0.717) is 0 Å². The van der Waals surface area contributed by atoms with Crippen molar-refractivity contribution in [1.82, 2.24) is 17.5 Å². The van der Waals surface area contributed by atoms with Crippen molar-refractivity contribution in [3.05, 3.63) is 72.8 Å². The smallest absolute Gasteiger partial charge is 0.147 e. The van der Waals surface area contributed by atoms with E-state index < -0.39 is 0 Å². The molecule has 0 unspecified atom stereocenters. The van der Waals surface area contributed by atoms with Crippen molar-refractivity contribution in [2.45, 2.75) is 0 Å². The molecule has 0 aliphatic rings. The average molecular weight is 549 g/mol. The van der Waals surface area contributed by atoms with Crippen molar-refractivity contribution in [2.75, 3.05) is 0 Å². The van der Waals surface area contributed by atoms with Crippen LogP contribution >= 0.6 is 46.1 Å². The van der Waals surface area contributed by atoms with Crippen LogP contribution in [-0.4, -0.2) is 17.5 Å². The summed E-state index contributed by atoms with van der Waals surface area (Å²) in [4.78, 5) is 2.30. The van der Waals surface area contributed by atoms with E-state index in [1.807, 2.05) is 0 Å². The van der Waals surface area contributed by atoms with Gasteiger partial charge in [-0.25, -0.2) is 0 Å².